The van der Waals surface area contributed by atoms with Gasteiger partial charge in [0.15, 0.2) is 0 Å². The second kappa shape index (κ2) is 4.84. The highest BCUT2D eigenvalue weighted by atomic mass is 16.3. The second-order valence-corrected chi connectivity index (χ2v) is 5.83. The van der Waals surface area contributed by atoms with Gasteiger partial charge in [0.05, 0.1) is 0 Å². The first kappa shape index (κ1) is 11.4. The van der Waals surface area contributed by atoms with Gasteiger partial charge in [-0.25, -0.2) is 0 Å². The van der Waals surface area contributed by atoms with Crippen molar-refractivity contribution >= 4 is 0 Å². The highest BCUT2D eigenvalue weighted by Crippen LogP contribution is 2.33. The zero-order valence-electron chi connectivity index (χ0n) is 10.0. The van der Waals surface area contributed by atoms with Crippen LogP contribution in [0.5, 0.6) is 0 Å². The Morgan fingerprint density at radius 3 is 2.60 bits per heavy atom. The predicted molar refractivity (Wildman–Crippen MR) is 62.9 cm³/mol. The maximum atomic E-state index is 9.44. The van der Waals surface area contributed by atoms with Gasteiger partial charge in [-0.1, -0.05) is 26.2 Å². The molecular weight excluding hydrogens is 186 g/mol. The van der Waals surface area contributed by atoms with Crippen molar-refractivity contribution in [2.24, 2.45) is 5.41 Å². The number of hydrogen-bond donors (Lipinski definition) is 1. The number of rotatable bonds is 2. The lowest BCUT2D eigenvalue weighted by molar-refractivity contribution is 0.0159. The highest BCUT2D eigenvalue weighted by molar-refractivity contribution is 4.87. The summed E-state index contributed by atoms with van der Waals surface area (Å²) in [7, 11) is 0. The van der Waals surface area contributed by atoms with Crippen molar-refractivity contribution in [2.45, 2.75) is 57.9 Å². The average molecular weight is 211 g/mol. The van der Waals surface area contributed by atoms with Crippen molar-refractivity contribution in [2.75, 3.05) is 19.7 Å². The summed E-state index contributed by atoms with van der Waals surface area (Å²) in [6.45, 7) is 4.98. The highest BCUT2D eigenvalue weighted by Gasteiger charge is 2.33. The molecule has 1 unspecified atom stereocenters. The molecule has 2 fully saturated rings. The van der Waals surface area contributed by atoms with Crippen LogP contribution in [0.3, 0.4) is 0 Å². The third-order valence-electron chi connectivity index (χ3n) is 4.28. The molecule has 0 spiro atoms. The first-order chi connectivity index (χ1) is 7.23. The van der Waals surface area contributed by atoms with Crippen molar-refractivity contribution < 1.29 is 5.11 Å². The van der Waals surface area contributed by atoms with Crippen LogP contribution in [0.15, 0.2) is 0 Å². The fraction of sp³-hybridized carbons (Fsp3) is 1.00. The van der Waals surface area contributed by atoms with Crippen LogP contribution >= 0.6 is 0 Å². The molecule has 0 aromatic heterocycles. The molecule has 1 saturated carbocycles. The van der Waals surface area contributed by atoms with Crippen molar-refractivity contribution in [3.05, 3.63) is 0 Å². The lowest BCUT2D eigenvalue weighted by Crippen LogP contribution is -2.48. The first-order valence-corrected chi connectivity index (χ1v) is 6.58. The van der Waals surface area contributed by atoms with Gasteiger partial charge in [-0.3, -0.25) is 4.90 Å². The predicted octanol–water partition coefficient (Wildman–Crippen LogP) is 2.41. The summed E-state index contributed by atoms with van der Waals surface area (Å²) in [5.41, 5.74) is 0.176. The maximum Gasteiger partial charge on any atom is 0.0497 e. The standard InChI is InChI=1S/C13H25NO/c1-13(11-15)8-5-9-14(10-13)12-6-3-2-4-7-12/h12,15H,2-11H2,1H3. The number of likely N-dealkylation sites (tertiary alicyclic amines) is 1. The van der Waals surface area contributed by atoms with E-state index in [1.165, 1.54) is 51.5 Å². The number of nitrogens with zero attached hydrogens (tertiary/aromatic N) is 1. The van der Waals surface area contributed by atoms with E-state index in [0.29, 0.717) is 6.61 Å². The SMILES string of the molecule is CC1(CO)CCCN(C2CCCCC2)C1. The van der Waals surface area contributed by atoms with Gasteiger partial charge in [-0.2, -0.15) is 0 Å². The molecule has 0 amide bonds. The summed E-state index contributed by atoms with van der Waals surface area (Å²) in [5, 5.41) is 9.44. The number of aliphatic hydroxyl groups excluding tert-OH is 1. The van der Waals surface area contributed by atoms with E-state index >= 15 is 0 Å². The van der Waals surface area contributed by atoms with Crippen molar-refractivity contribution in [1.29, 1.82) is 0 Å². The molecule has 88 valence electrons. The molecule has 1 saturated heterocycles. The van der Waals surface area contributed by atoms with E-state index in [9.17, 15) is 5.11 Å². The summed E-state index contributed by atoms with van der Waals surface area (Å²) in [5.74, 6) is 0. The van der Waals surface area contributed by atoms with Crippen LogP contribution in [0, 0.1) is 5.41 Å². The number of aliphatic hydroxyl groups is 1. The monoisotopic (exact) mass is 211 g/mol. The Labute approximate surface area is 93.7 Å². The molecule has 2 heteroatoms. The third-order valence-corrected chi connectivity index (χ3v) is 4.28. The van der Waals surface area contributed by atoms with Crippen LogP contribution in [0.25, 0.3) is 0 Å². The minimum Gasteiger partial charge on any atom is -0.396 e. The summed E-state index contributed by atoms with van der Waals surface area (Å²) >= 11 is 0. The summed E-state index contributed by atoms with van der Waals surface area (Å²) in [6, 6.07) is 0.824. The Morgan fingerprint density at radius 1 is 1.20 bits per heavy atom. The maximum absolute atomic E-state index is 9.44. The topological polar surface area (TPSA) is 23.5 Å². The van der Waals surface area contributed by atoms with E-state index in [2.05, 4.69) is 11.8 Å². The fourth-order valence-electron chi connectivity index (χ4n) is 3.24. The van der Waals surface area contributed by atoms with Crippen LogP contribution in [0.2, 0.25) is 0 Å². The second-order valence-electron chi connectivity index (χ2n) is 5.83. The zero-order valence-corrected chi connectivity index (χ0v) is 10.0. The van der Waals surface area contributed by atoms with Crippen molar-refractivity contribution in [1.82, 2.24) is 4.90 Å². The van der Waals surface area contributed by atoms with Crippen molar-refractivity contribution in [3.8, 4) is 0 Å². The van der Waals surface area contributed by atoms with Gasteiger partial charge in [-0.15, -0.1) is 0 Å². The molecule has 0 aromatic carbocycles. The molecular formula is C13H25NO. The van der Waals surface area contributed by atoms with Crippen LogP contribution < -0.4 is 0 Å². The normalized spacial score (nSPS) is 35.6. The molecule has 2 aliphatic rings. The Balaban J connectivity index is 1.91. The molecule has 1 heterocycles. The number of hydrogen-bond acceptors (Lipinski definition) is 2. The Bertz CT molecular complexity index is 201. The van der Waals surface area contributed by atoms with Crippen LogP contribution in [0.4, 0.5) is 0 Å². The van der Waals surface area contributed by atoms with Gasteiger partial charge in [0, 0.05) is 24.6 Å². The zero-order chi connectivity index (χ0) is 10.7. The average Bonchev–Trinajstić information content (AvgIpc) is 2.30. The molecule has 0 bridgehead atoms. The fourth-order valence-corrected chi connectivity index (χ4v) is 3.24. The first-order valence-electron chi connectivity index (χ1n) is 6.58. The van der Waals surface area contributed by atoms with Gasteiger partial charge in [0.1, 0.15) is 0 Å². The summed E-state index contributed by atoms with van der Waals surface area (Å²) < 4.78 is 0. The molecule has 1 aliphatic carbocycles. The molecule has 1 aliphatic heterocycles. The van der Waals surface area contributed by atoms with Gasteiger partial charge in [0.25, 0.3) is 0 Å². The lowest BCUT2D eigenvalue weighted by Gasteiger charge is -2.44. The molecule has 1 atom stereocenters. The third kappa shape index (κ3) is 2.73. The van der Waals surface area contributed by atoms with E-state index in [-0.39, 0.29) is 5.41 Å². The molecule has 1 N–H and O–H groups in total. The minimum atomic E-state index is 0.176. The van der Waals surface area contributed by atoms with Gasteiger partial charge in [0.2, 0.25) is 0 Å². The van der Waals surface area contributed by atoms with E-state index in [0.717, 1.165) is 12.6 Å². The minimum absolute atomic E-state index is 0.176. The largest absolute Gasteiger partial charge is 0.396 e. The Morgan fingerprint density at radius 2 is 1.93 bits per heavy atom. The van der Waals surface area contributed by atoms with Crippen LogP contribution in [-0.4, -0.2) is 35.7 Å². The van der Waals surface area contributed by atoms with Gasteiger partial charge in [-0.05, 0) is 32.2 Å². The van der Waals surface area contributed by atoms with Crippen LogP contribution in [-0.2, 0) is 0 Å². The lowest BCUT2D eigenvalue weighted by atomic mass is 9.81. The van der Waals surface area contributed by atoms with Crippen LogP contribution in [0.1, 0.15) is 51.9 Å². The Kier molecular flexibility index (Phi) is 3.68. The van der Waals surface area contributed by atoms with E-state index in [1.807, 2.05) is 0 Å². The molecule has 0 aromatic rings. The number of piperidine rings is 1. The van der Waals surface area contributed by atoms with E-state index in [1.54, 1.807) is 0 Å². The molecule has 2 nitrogen and oxygen atoms in total. The molecule has 2 rings (SSSR count). The molecule has 15 heavy (non-hydrogen) atoms. The molecule has 0 radical (unpaired) electrons. The Hall–Kier alpha value is -0.0800. The van der Waals surface area contributed by atoms with E-state index in [4.69, 9.17) is 0 Å². The summed E-state index contributed by atoms with van der Waals surface area (Å²) in [6.07, 6.45) is 9.51. The van der Waals surface area contributed by atoms with E-state index < -0.39 is 0 Å². The van der Waals surface area contributed by atoms with Crippen molar-refractivity contribution in [3.63, 3.8) is 0 Å². The summed E-state index contributed by atoms with van der Waals surface area (Å²) in [4.78, 5) is 2.65. The van der Waals surface area contributed by atoms with Gasteiger partial charge < -0.3 is 5.11 Å². The smallest absolute Gasteiger partial charge is 0.0497 e. The van der Waals surface area contributed by atoms with Gasteiger partial charge >= 0.3 is 0 Å². The quantitative estimate of drug-likeness (QED) is 0.758.